The van der Waals surface area contributed by atoms with Crippen molar-refractivity contribution in [2.45, 2.75) is 0 Å². The number of hydrogen-bond acceptors (Lipinski definition) is 4. The van der Waals surface area contributed by atoms with Gasteiger partial charge in [0, 0.05) is 16.5 Å². The fraction of sp³-hybridized carbons (Fsp3) is 0.0714. The Bertz CT molecular complexity index is 753. The first-order valence-electron chi connectivity index (χ1n) is 5.61. The molecule has 0 aliphatic heterocycles. The van der Waals surface area contributed by atoms with Gasteiger partial charge in [0.1, 0.15) is 5.75 Å². The van der Waals surface area contributed by atoms with Crippen LogP contribution in [0.2, 0.25) is 0 Å². The van der Waals surface area contributed by atoms with Gasteiger partial charge in [-0.05, 0) is 36.4 Å². The molecule has 4 nitrogen and oxygen atoms in total. The molecular formula is C14H13N3O. The highest BCUT2D eigenvalue weighted by Gasteiger charge is 2.07. The minimum absolute atomic E-state index is 0.683. The van der Waals surface area contributed by atoms with E-state index in [2.05, 4.69) is 4.98 Å². The van der Waals surface area contributed by atoms with Crippen LogP contribution in [0, 0.1) is 0 Å². The number of anilines is 2. The lowest BCUT2D eigenvalue weighted by molar-refractivity contribution is 0.415. The topological polar surface area (TPSA) is 74.2 Å². The van der Waals surface area contributed by atoms with Crippen molar-refractivity contribution in [1.29, 1.82) is 0 Å². The van der Waals surface area contributed by atoms with Crippen LogP contribution in [0.5, 0.6) is 5.75 Å². The Hall–Kier alpha value is -2.49. The van der Waals surface area contributed by atoms with Crippen LogP contribution in [-0.2, 0) is 0 Å². The van der Waals surface area contributed by atoms with Gasteiger partial charge in [-0.25, -0.2) is 4.98 Å². The number of pyridine rings is 1. The van der Waals surface area contributed by atoms with E-state index in [1.54, 1.807) is 7.11 Å². The summed E-state index contributed by atoms with van der Waals surface area (Å²) < 4.78 is 5.21. The molecule has 0 spiro atoms. The Morgan fingerprint density at radius 2 is 1.78 bits per heavy atom. The summed E-state index contributed by atoms with van der Waals surface area (Å²) in [5, 5.41) is 1.80. The second-order valence-electron chi connectivity index (χ2n) is 4.19. The second-order valence-corrected chi connectivity index (χ2v) is 4.19. The molecule has 3 rings (SSSR count). The second kappa shape index (κ2) is 3.77. The van der Waals surface area contributed by atoms with Crippen molar-refractivity contribution in [2.24, 2.45) is 0 Å². The van der Waals surface area contributed by atoms with Gasteiger partial charge in [0.05, 0.1) is 23.8 Å². The maximum atomic E-state index is 6.19. The van der Waals surface area contributed by atoms with E-state index in [1.807, 2.05) is 36.4 Å². The zero-order valence-corrected chi connectivity index (χ0v) is 9.97. The predicted molar refractivity (Wildman–Crippen MR) is 74.6 cm³/mol. The van der Waals surface area contributed by atoms with Crippen molar-refractivity contribution in [1.82, 2.24) is 4.98 Å². The molecular weight excluding hydrogens is 226 g/mol. The molecule has 18 heavy (non-hydrogen) atoms. The number of rotatable bonds is 1. The molecule has 0 radical (unpaired) electrons. The van der Waals surface area contributed by atoms with Gasteiger partial charge in [-0.1, -0.05) is 0 Å². The monoisotopic (exact) mass is 239 g/mol. The molecule has 0 saturated carbocycles. The zero-order valence-electron chi connectivity index (χ0n) is 9.97. The molecule has 0 aliphatic carbocycles. The van der Waals surface area contributed by atoms with E-state index >= 15 is 0 Å². The van der Waals surface area contributed by atoms with Crippen LogP contribution in [0.4, 0.5) is 11.4 Å². The van der Waals surface area contributed by atoms with Crippen LogP contribution in [-0.4, -0.2) is 12.1 Å². The summed E-state index contributed by atoms with van der Waals surface area (Å²) in [6.07, 6.45) is 0. The Morgan fingerprint density at radius 3 is 2.56 bits per heavy atom. The number of hydrogen-bond donors (Lipinski definition) is 2. The van der Waals surface area contributed by atoms with Crippen molar-refractivity contribution < 1.29 is 4.74 Å². The molecule has 90 valence electrons. The molecule has 0 bridgehead atoms. The third kappa shape index (κ3) is 1.50. The molecule has 1 heterocycles. The maximum absolute atomic E-state index is 6.19. The van der Waals surface area contributed by atoms with Crippen LogP contribution in [0.25, 0.3) is 21.8 Å². The van der Waals surface area contributed by atoms with E-state index in [0.717, 1.165) is 27.6 Å². The molecule has 0 amide bonds. The largest absolute Gasteiger partial charge is 0.497 e. The van der Waals surface area contributed by atoms with Crippen molar-refractivity contribution in [3.63, 3.8) is 0 Å². The van der Waals surface area contributed by atoms with E-state index < -0.39 is 0 Å². The van der Waals surface area contributed by atoms with E-state index in [1.165, 1.54) is 0 Å². The minimum Gasteiger partial charge on any atom is -0.497 e. The minimum atomic E-state index is 0.683. The number of aromatic nitrogens is 1. The van der Waals surface area contributed by atoms with Crippen molar-refractivity contribution in [2.75, 3.05) is 18.6 Å². The molecule has 0 fully saturated rings. The van der Waals surface area contributed by atoms with Gasteiger partial charge in [0.2, 0.25) is 0 Å². The summed E-state index contributed by atoms with van der Waals surface area (Å²) in [7, 11) is 1.63. The average molecular weight is 239 g/mol. The van der Waals surface area contributed by atoms with Gasteiger partial charge in [-0.2, -0.15) is 0 Å². The lowest BCUT2D eigenvalue weighted by atomic mass is 10.1. The number of methoxy groups -OCH3 is 1. The summed E-state index contributed by atoms with van der Waals surface area (Å²) >= 11 is 0. The zero-order chi connectivity index (χ0) is 12.7. The van der Waals surface area contributed by atoms with Crippen LogP contribution in [0.1, 0.15) is 0 Å². The van der Waals surface area contributed by atoms with Crippen molar-refractivity contribution in [3.8, 4) is 5.75 Å². The average Bonchev–Trinajstić information content (AvgIpc) is 2.38. The SMILES string of the molecule is COc1ccc2nc3cc(N)ccc3c(N)c2c1. The number of ether oxygens (including phenoxy) is 1. The van der Waals surface area contributed by atoms with Crippen molar-refractivity contribution >= 4 is 33.2 Å². The summed E-state index contributed by atoms with van der Waals surface area (Å²) in [5.41, 5.74) is 15.0. The smallest absolute Gasteiger partial charge is 0.119 e. The number of nitrogens with zero attached hydrogens (tertiary/aromatic N) is 1. The Kier molecular flexibility index (Phi) is 2.23. The Labute approximate surface area is 104 Å². The highest BCUT2D eigenvalue weighted by atomic mass is 16.5. The molecule has 4 heteroatoms. The molecule has 1 aromatic heterocycles. The molecule has 2 aromatic carbocycles. The van der Waals surface area contributed by atoms with Crippen LogP contribution in [0.15, 0.2) is 36.4 Å². The standard InChI is InChI=1S/C14H13N3O/c1-18-9-3-5-12-11(7-9)14(16)10-4-2-8(15)6-13(10)17-12/h2-7H,15H2,1H3,(H2,16,17). The van der Waals surface area contributed by atoms with E-state index in [9.17, 15) is 0 Å². The normalized spacial score (nSPS) is 10.9. The van der Waals surface area contributed by atoms with Crippen LogP contribution >= 0.6 is 0 Å². The van der Waals surface area contributed by atoms with Crippen LogP contribution in [0.3, 0.4) is 0 Å². The first-order chi connectivity index (χ1) is 8.69. The maximum Gasteiger partial charge on any atom is 0.119 e. The third-order valence-corrected chi connectivity index (χ3v) is 3.05. The van der Waals surface area contributed by atoms with Gasteiger partial charge in [-0.15, -0.1) is 0 Å². The number of nitrogen functional groups attached to an aromatic ring is 2. The summed E-state index contributed by atoms with van der Waals surface area (Å²) in [5.74, 6) is 0.769. The first kappa shape index (κ1) is 10.7. The molecule has 0 saturated heterocycles. The molecule has 4 N–H and O–H groups in total. The van der Waals surface area contributed by atoms with E-state index in [0.29, 0.717) is 11.4 Å². The predicted octanol–water partition coefficient (Wildman–Crippen LogP) is 2.56. The number of fused-ring (bicyclic) bond motifs is 2. The van der Waals surface area contributed by atoms with Gasteiger partial charge in [0.25, 0.3) is 0 Å². The fourth-order valence-corrected chi connectivity index (χ4v) is 2.10. The van der Waals surface area contributed by atoms with Gasteiger partial charge >= 0.3 is 0 Å². The summed E-state index contributed by atoms with van der Waals surface area (Å²) in [4.78, 5) is 4.56. The third-order valence-electron chi connectivity index (χ3n) is 3.05. The first-order valence-corrected chi connectivity index (χ1v) is 5.61. The summed E-state index contributed by atoms with van der Waals surface area (Å²) in [6.45, 7) is 0. The molecule has 0 atom stereocenters. The van der Waals surface area contributed by atoms with Gasteiger partial charge < -0.3 is 16.2 Å². The lowest BCUT2D eigenvalue weighted by Crippen LogP contribution is -1.94. The Balaban J connectivity index is 2.44. The fourth-order valence-electron chi connectivity index (χ4n) is 2.10. The number of nitrogens with two attached hydrogens (primary N) is 2. The van der Waals surface area contributed by atoms with Crippen molar-refractivity contribution in [3.05, 3.63) is 36.4 Å². The molecule has 3 aromatic rings. The van der Waals surface area contributed by atoms with Gasteiger partial charge in [-0.3, -0.25) is 0 Å². The van der Waals surface area contributed by atoms with Crippen LogP contribution < -0.4 is 16.2 Å². The highest BCUT2D eigenvalue weighted by molar-refractivity contribution is 6.07. The lowest BCUT2D eigenvalue weighted by Gasteiger charge is -2.08. The van der Waals surface area contributed by atoms with E-state index in [-0.39, 0.29) is 0 Å². The number of benzene rings is 2. The van der Waals surface area contributed by atoms with E-state index in [4.69, 9.17) is 16.2 Å². The Morgan fingerprint density at radius 1 is 0.944 bits per heavy atom. The van der Waals surface area contributed by atoms with Gasteiger partial charge in [0.15, 0.2) is 0 Å². The highest BCUT2D eigenvalue weighted by Crippen LogP contribution is 2.31. The molecule has 0 unspecified atom stereocenters. The molecule has 0 aliphatic rings. The quantitative estimate of drug-likeness (QED) is 0.505. The summed E-state index contributed by atoms with van der Waals surface area (Å²) in [6, 6.07) is 11.2.